The standard InChI is InChI=1S/C12H18N2O3/c15-11-4-2-1-3-10(11)14-12(16)8-7-17-6-5-9(8)13-14/h10-11,13,15H,1-7H2. The molecule has 2 heterocycles. The van der Waals surface area contributed by atoms with Crippen LogP contribution in [0.2, 0.25) is 0 Å². The molecule has 17 heavy (non-hydrogen) atoms. The number of fused-ring (bicyclic) bond motifs is 1. The Kier molecular flexibility index (Phi) is 2.80. The highest BCUT2D eigenvalue weighted by Gasteiger charge is 2.29. The average Bonchev–Trinajstić information content (AvgIpc) is 2.68. The number of hydrogen-bond donors (Lipinski definition) is 2. The van der Waals surface area contributed by atoms with Gasteiger partial charge in [0.05, 0.1) is 30.9 Å². The van der Waals surface area contributed by atoms with Crippen LogP contribution in [-0.2, 0) is 17.8 Å². The molecule has 5 heteroatoms. The number of hydrogen-bond acceptors (Lipinski definition) is 3. The first-order chi connectivity index (χ1) is 8.27. The second-order valence-electron chi connectivity index (χ2n) is 4.97. The summed E-state index contributed by atoms with van der Waals surface area (Å²) in [5, 5.41) is 13.2. The van der Waals surface area contributed by atoms with Crippen LogP contribution in [0.15, 0.2) is 4.79 Å². The van der Waals surface area contributed by atoms with Crippen molar-refractivity contribution in [3.8, 4) is 0 Å². The van der Waals surface area contributed by atoms with Crippen molar-refractivity contribution in [1.82, 2.24) is 9.78 Å². The van der Waals surface area contributed by atoms with Gasteiger partial charge < -0.3 is 9.84 Å². The molecule has 1 aliphatic heterocycles. The summed E-state index contributed by atoms with van der Waals surface area (Å²) in [7, 11) is 0. The summed E-state index contributed by atoms with van der Waals surface area (Å²) in [6.45, 7) is 1.07. The molecule has 94 valence electrons. The molecule has 1 aromatic heterocycles. The maximum Gasteiger partial charge on any atom is 0.272 e. The summed E-state index contributed by atoms with van der Waals surface area (Å²) in [4.78, 5) is 12.2. The molecule has 2 aliphatic rings. The highest BCUT2D eigenvalue weighted by atomic mass is 16.5. The topological polar surface area (TPSA) is 67.2 Å². The summed E-state index contributed by atoms with van der Waals surface area (Å²) in [6.07, 6.45) is 4.16. The van der Waals surface area contributed by atoms with Crippen LogP contribution in [-0.4, -0.2) is 27.6 Å². The largest absolute Gasteiger partial charge is 0.391 e. The molecule has 2 unspecified atom stereocenters. The Morgan fingerprint density at radius 3 is 2.94 bits per heavy atom. The van der Waals surface area contributed by atoms with Gasteiger partial charge in [-0.2, -0.15) is 0 Å². The summed E-state index contributed by atoms with van der Waals surface area (Å²) < 4.78 is 6.94. The van der Waals surface area contributed by atoms with Crippen LogP contribution < -0.4 is 5.56 Å². The van der Waals surface area contributed by atoms with E-state index in [1.807, 2.05) is 0 Å². The highest BCUT2D eigenvalue weighted by Crippen LogP contribution is 2.27. The van der Waals surface area contributed by atoms with Crippen LogP contribution in [0.4, 0.5) is 0 Å². The summed E-state index contributed by atoms with van der Waals surface area (Å²) in [5.74, 6) is 0. The minimum atomic E-state index is -0.400. The van der Waals surface area contributed by atoms with E-state index in [0.717, 1.165) is 43.4 Å². The third kappa shape index (κ3) is 1.83. The third-order valence-corrected chi connectivity index (χ3v) is 3.87. The molecule has 0 amide bonds. The Labute approximate surface area is 99.4 Å². The lowest BCUT2D eigenvalue weighted by atomic mass is 9.93. The Morgan fingerprint density at radius 1 is 1.35 bits per heavy atom. The van der Waals surface area contributed by atoms with Gasteiger partial charge in [0.25, 0.3) is 5.56 Å². The smallest absolute Gasteiger partial charge is 0.272 e. The first kappa shape index (κ1) is 11.0. The molecule has 1 saturated carbocycles. The fourth-order valence-electron chi connectivity index (χ4n) is 2.87. The van der Waals surface area contributed by atoms with E-state index in [0.29, 0.717) is 13.2 Å². The fourth-order valence-corrected chi connectivity index (χ4v) is 2.87. The Balaban J connectivity index is 1.97. The molecule has 0 saturated heterocycles. The molecule has 1 aromatic rings. The Bertz CT molecular complexity index is 463. The second-order valence-corrected chi connectivity index (χ2v) is 4.97. The molecule has 2 N–H and O–H groups in total. The zero-order valence-corrected chi connectivity index (χ0v) is 9.82. The van der Waals surface area contributed by atoms with Crippen molar-refractivity contribution in [2.75, 3.05) is 6.61 Å². The zero-order chi connectivity index (χ0) is 11.8. The molecular weight excluding hydrogens is 220 g/mol. The molecule has 0 aromatic carbocycles. The Morgan fingerprint density at radius 2 is 2.18 bits per heavy atom. The van der Waals surface area contributed by atoms with E-state index >= 15 is 0 Å². The molecule has 0 bridgehead atoms. The lowest BCUT2D eigenvalue weighted by Gasteiger charge is -2.27. The van der Waals surface area contributed by atoms with Crippen LogP contribution in [0.25, 0.3) is 0 Å². The summed E-state index contributed by atoms with van der Waals surface area (Å²) >= 11 is 0. The number of aromatic nitrogens is 2. The monoisotopic (exact) mass is 238 g/mol. The van der Waals surface area contributed by atoms with Gasteiger partial charge in [0.15, 0.2) is 0 Å². The SMILES string of the molecule is O=c1c2c([nH]n1C1CCCCC1O)CCOC2. The van der Waals surface area contributed by atoms with Gasteiger partial charge in [0, 0.05) is 12.1 Å². The average molecular weight is 238 g/mol. The number of aliphatic hydroxyl groups excluding tert-OH is 1. The van der Waals surface area contributed by atoms with Crippen molar-refractivity contribution in [3.05, 3.63) is 21.6 Å². The molecule has 5 nitrogen and oxygen atoms in total. The third-order valence-electron chi connectivity index (χ3n) is 3.87. The van der Waals surface area contributed by atoms with Gasteiger partial charge in [-0.3, -0.25) is 9.89 Å². The first-order valence-electron chi connectivity index (χ1n) is 6.35. The molecule has 0 radical (unpaired) electrons. The van der Waals surface area contributed by atoms with Gasteiger partial charge in [0.2, 0.25) is 0 Å². The summed E-state index contributed by atoms with van der Waals surface area (Å²) in [5.41, 5.74) is 1.72. The van der Waals surface area contributed by atoms with Gasteiger partial charge in [-0.15, -0.1) is 0 Å². The number of ether oxygens (including phenoxy) is 1. The molecule has 2 atom stereocenters. The van der Waals surface area contributed by atoms with Crippen molar-refractivity contribution >= 4 is 0 Å². The van der Waals surface area contributed by atoms with Crippen LogP contribution in [0.3, 0.4) is 0 Å². The van der Waals surface area contributed by atoms with Gasteiger partial charge in [-0.1, -0.05) is 12.8 Å². The van der Waals surface area contributed by atoms with Gasteiger partial charge >= 0.3 is 0 Å². The predicted octanol–water partition coefficient (Wildman–Crippen LogP) is 0.725. The van der Waals surface area contributed by atoms with E-state index in [9.17, 15) is 9.90 Å². The number of aromatic amines is 1. The lowest BCUT2D eigenvalue weighted by Crippen LogP contribution is -2.34. The Hall–Kier alpha value is -1.07. The number of H-pyrrole nitrogens is 1. The molecule has 3 rings (SSSR count). The number of nitrogens with zero attached hydrogens (tertiary/aromatic N) is 1. The quantitative estimate of drug-likeness (QED) is 0.757. The number of rotatable bonds is 1. The minimum Gasteiger partial charge on any atom is -0.391 e. The molecule has 0 spiro atoms. The molecule has 1 fully saturated rings. The van der Waals surface area contributed by atoms with Crippen LogP contribution >= 0.6 is 0 Å². The maximum atomic E-state index is 12.2. The van der Waals surface area contributed by atoms with Crippen molar-refractivity contribution < 1.29 is 9.84 Å². The normalized spacial score (nSPS) is 29.0. The fraction of sp³-hybridized carbons (Fsp3) is 0.750. The highest BCUT2D eigenvalue weighted by molar-refractivity contribution is 5.19. The second kappa shape index (κ2) is 4.31. The van der Waals surface area contributed by atoms with E-state index in [4.69, 9.17) is 4.74 Å². The van der Waals surface area contributed by atoms with Crippen molar-refractivity contribution in [3.63, 3.8) is 0 Å². The van der Waals surface area contributed by atoms with Crippen molar-refractivity contribution in [1.29, 1.82) is 0 Å². The molecular formula is C12H18N2O3. The molecule has 1 aliphatic carbocycles. The van der Waals surface area contributed by atoms with Crippen molar-refractivity contribution in [2.45, 2.75) is 50.9 Å². The van der Waals surface area contributed by atoms with Crippen LogP contribution in [0.5, 0.6) is 0 Å². The lowest BCUT2D eigenvalue weighted by molar-refractivity contribution is 0.0676. The van der Waals surface area contributed by atoms with E-state index in [-0.39, 0.29) is 11.6 Å². The maximum absolute atomic E-state index is 12.2. The zero-order valence-electron chi connectivity index (χ0n) is 9.82. The van der Waals surface area contributed by atoms with E-state index in [2.05, 4.69) is 5.10 Å². The summed E-state index contributed by atoms with van der Waals surface area (Å²) in [6, 6.07) is -0.0816. The van der Waals surface area contributed by atoms with Crippen LogP contribution in [0.1, 0.15) is 43.0 Å². The van der Waals surface area contributed by atoms with Crippen LogP contribution in [0, 0.1) is 0 Å². The van der Waals surface area contributed by atoms with Gasteiger partial charge in [-0.25, -0.2) is 4.68 Å². The number of nitrogens with one attached hydrogen (secondary N) is 1. The number of aliphatic hydroxyl groups is 1. The van der Waals surface area contributed by atoms with E-state index < -0.39 is 6.10 Å². The first-order valence-corrected chi connectivity index (χ1v) is 6.35. The van der Waals surface area contributed by atoms with Gasteiger partial charge in [0.1, 0.15) is 0 Å². The van der Waals surface area contributed by atoms with Gasteiger partial charge in [-0.05, 0) is 12.8 Å². The minimum absolute atomic E-state index is 0.00866. The predicted molar refractivity (Wildman–Crippen MR) is 61.9 cm³/mol. The van der Waals surface area contributed by atoms with E-state index in [1.165, 1.54) is 0 Å². The van der Waals surface area contributed by atoms with E-state index in [1.54, 1.807) is 4.68 Å². The van der Waals surface area contributed by atoms with Crippen molar-refractivity contribution in [2.24, 2.45) is 0 Å².